The zero-order valence-electron chi connectivity index (χ0n) is 48.0. The van der Waals surface area contributed by atoms with Gasteiger partial charge < -0.3 is 14.2 Å². The molecule has 0 heterocycles. The summed E-state index contributed by atoms with van der Waals surface area (Å²) < 4.78 is 16.8. The normalized spacial score (nSPS) is 13.3. The summed E-state index contributed by atoms with van der Waals surface area (Å²) in [5.74, 6) is -0.977. The lowest BCUT2D eigenvalue weighted by Gasteiger charge is -2.18. The summed E-state index contributed by atoms with van der Waals surface area (Å²) >= 11 is 0. The Labute approximate surface area is 460 Å². The molecule has 0 aromatic heterocycles. The van der Waals surface area contributed by atoms with Crippen molar-refractivity contribution >= 4 is 17.9 Å². The van der Waals surface area contributed by atoms with E-state index in [0.717, 1.165) is 180 Å². The Kier molecular flexibility index (Phi) is 57.5. The molecule has 0 saturated carbocycles. The molecule has 6 heteroatoms. The van der Waals surface area contributed by atoms with Gasteiger partial charge in [0.2, 0.25) is 0 Å². The zero-order valence-corrected chi connectivity index (χ0v) is 48.0. The zero-order chi connectivity index (χ0) is 54.3. The maximum Gasteiger partial charge on any atom is 0.306 e. The SMILES string of the molecule is CC/C=C\C/C=C\C/C=C\C/C=C\C/C=C\C/C=C\C/C=C\CCCCCC(=O)OCC(COC(=O)CCCCCCC/C=C\C/C=C\CCC)OC(=O)CCCCCCCC/C=C\C/C=C\C/C=C\C/C=C\CC. The maximum atomic E-state index is 12.9. The van der Waals surface area contributed by atoms with Crippen molar-refractivity contribution in [1.82, 2.24) is 0 Å². The van der Waals surface area contributed by atoms with Crippen LogP contribution in [0.3, 0.4) is 0 Å². The van der Waals surface area contributed by atoms with Gasteiger partial charge >= 0.3 is 17.9 Å². The number of ether oxygens (including phenoxy) is 3. The summed E-state index contributed by atoms with van der Waals surface area (Å²) in [5, 5.41) is 0. The summed E-state index contributed by atoms with van der Waals surface area (Å²) in [7, 11) is 0. The number of hydrogen-bond donors (Lipinski definition) is 0. The van der Waals surface area contributed by atoms with Crippen LogP contribution in [-0.4, -0.2) is 37.2 Å². The van der Waals surface area contributed by atoms with Crippen LogP contribution in [0.25, 0.3) is 0 Å². The lowest BCUT2D eigenvalue weighted by atomic mass is 10.1. The second kappa shape index (κ2) is 61.6. The number of unbranched alkanes of at least 4 members (excludes halogenated alkanes) is 15. The first kappa shape index (κ1) is 70.0. The molecule has 0 aliphatic heterocycles. The highest BCUT2D eigenvalue weighted by Crippen LogP contribution is 2.13. The molecular weight excluding hydrogens is 925 g/mol. The second-order valence-electron chi connectivity index (χ2n) is 19.1. The van der Waals surface area contributed by atoms with E-state index in [4.69, 9.17) is 14.2 Å². The quantitative estimate of drug-likeness (QED) is 0.0261. The minimum atomic E-state index is -0.815. The summed E-state index contributed by atoms with van der Waals surface area (Å²) in [6.45, 7) is 6.28. The van der Waals surface area contributed by atoms with E-state index >= 15 is 0 Å². The van der Waals surface area contributed by atoms with Gasteiger partial charge in [-0.25, -0.2) is 0 Å². The fraction of sp³-hybridized carbons (Fsp3) is 0.580. The number of hydrogen-bond acceptors (Lipinski definition) is 6. The Bertz CT molecular complexity index is 1710. The van der Waals surface area contributed by atoms with Crippen molar-refractivity contribution in [3.8, 4) is 0 Å². The molecule has 0 amide bonds. The van der Waals surface area contributed by atoms with E-state index in [2.05, 4.69) is 179 Å². The second-order valence-corrected chi connectivity index (χ2v) is 19.1. The lowest BCUT2D eigenvalue weighted by molar-refractivity contribution is -0.167. The monoisotopic (exact) mass is 1030 g/mol. The topological polar surface area (TPSA) is 78.9 Å². The Morgan fingerprint density at radius 2 is 0.520 bits per heavy atom. The predicted octanol–water partition coefficient (Wildman–Crippen LogP) is 20.5. The van der Waals surface area contributed by atoms with Gasteiger partial charge in [0.05, 0.1) is 0 Å². The predicted molar refractivity (Wildman–Crippen MR) is 325 cm³/mol. The number of carbonyl (C=O) groups is 3. The van der Waals surface area contributed by atoms with Gasteiger partial charge in [0, 0.05) is 19.3 Å². The Morgan fingerprint density at radius 1 is 0.280 bits per heavy atom. The molecule has 0 radical (unpaired) electrons. The average molecular weight is 1030 g/mol. The van der Waals surface area contributed by atoms with E-state index in [9.17, 15) is 14.4 Å². The van der Waals surface area contributed by atoms with Crippen LogP contribution < -0.4 is 0 Å². The van der Waals surface area contributed by atoms with E-state index in [1.165, 1.54) is 19.3 Å². The van der Waals surface area contributed by atoms with Crippen LogP contribution >= 0.6 is 0 Å². The summed E-state index contributed by atoms with van der Waals surface area (Å²) in [6, 6.07) is 0. The first-order chi connectivity index (χ1) is 37.0. The van der Waals surface area contributed by atoms with Gasteiger partial charge in [-0.05, 0) is 141 Å². The first-order valence-corrected chi connectivity index (χ1v) is 30.0. The fourth-order valence-electron chi connectivity index (χ4n) is 7.57. The van der Waals surface area contributed by atoms with E-state index in [1.807, 2.05) is 0 Å². The van der Waals surface area contributed by atoms with Crippen LogP contribution in [0.15, 0.2) is 158 Å². The molecule has 1 atom stereocenters. The minimum Gasteiger partial charge on any atom is -0.462 e. The van der Waals surface area contributed by atoms with Gasteiger partial charge in [-0.2, -0.15) is 0 Å². The first-order valence-electron chi connectivity index (χ1n) is 30.0. The van der Waals surface area contributed by atoms with Crippen molar-refractivity contribution in [2.75, 3.05) is 13.2 Å². The third-order valence-corrected chi connectivity index (χ3v) is 12.0. The molecular formula is C69H108O6. The molecule has 1 unspecified atom stereocenters. The van der Waals surface area contributed by atoms with Crippen LogP contribution in [0.1, 0.15) is 239 Å². The van der Waals surface area contributed by atoms with Crippen LogP contribution in [-0.2, 0) is 28.6 Å². The number of rotatable bonds is 52. The largest absolute Gasteiger partial charge is 0.462 e. The molecule has 6 nitrogen and oxygen atoms in total. The molecule has 420 valence electrons. The lowest BCUT2D eigenvalue weighted by Crippen LogP contribution is -2.30. The highest BCUT2D eigenvalue weighted by molar-refractivity contribution is 5.71. The Hall–Kier alpha value is -4.97. The van der Waals surface area contributed by atoms with Crippen molar-refractivity contribution < 1.29 is 28.6 Å². The van der Waals surface area contributed by atoms with Gasteiger partial charge in [-0.3, -0.25) is 14.4 Å². The molecule has 75 heavy (non-hydrogen) atoms. The minimum absolute atomic E-state index is 0.109. The molecule has 0 aliphatic carbocycles. The molecule has 0 spiro atoms. The maximum absolute atomic E-state index is 12.9. The Balaban J connectivity index is 4.49. The van der Waals surface area contributed by atoms with Crippen molar-refractivity contribution in [2.24, 2.45) is 0 Å². The highest BCUT2D eigenvalue weighted by atomic mass is 16.6. The average Bonchev–Trinajstić information content (AvgIpc) is 3.41. The molecule has 0 bridgehead atoms. The molecule has 0 aromatic carbocycles. The van der Waals surface area contributed by atoms with Gasteiger partial charge in [0.15, 0.2) is 6.10 Å². The number of carbonyl (C=O) groups excluding carboxylic acids is 3. The standard InChI is InChI=1S/C69H108O6/c1-4-7-10-13-16-19-22-25-27-29-31-32-33-34-35-36-38-39-41-44-47-50-53-56-59-62-68(71)74-65-66(64-73-67(70)61-58-55-52-49-46-43-24-21-18-15-12-9-6-3)75-69(72)63-60-57-54-51-48-45-42-40-37-30-28-26-23-20-17-14-11-8-5-2/h7-8,10-12,15-17,19-21,24-28,31-32,34-35,37-40,44,47,66H,4-6,9,13-14,18,22-23,29-30,33,36,41-43,45-46,48-65H2,1-3H3/b10-7-,11-8-,15-12-,19-16-,20-17-,24-21-,27-25-,28-26-,32-31-,35-34-,39-38-,40-37-,47-44-. The molecule has 0 aliphatic rings. The highest BCUT2D eigenvalue weighted by Gasteiger charge is 2.19. The molecule has 0 aromatic rings. The molecule has 0 saturated heterocycles. The van der Waals surface area contributed by atoms with Crippen LogP contribution in [0.2, 0.25) is 0 Å². The van der Waals surface area contributed by atoms with Crippen molar-refractivity contribution in [1.29, 1.82) is 0 Å². The van der Waals surface area contributed by atoms with Crippen LogP contribution in [0.4, 0.5) is 0 Å². The summed E-state index contributed by atoms with van der Waals surface area (Å²) in [5.41, 5.74) is 0. The van der Waals surface area contributed by atoms with Crippen LogP contribution in [0, 0.1) is 0 Å². The van der Waals surface area contributed by atoms with Crippen molar-refractivity contribution in [3.05, 3.63) is 158 Å². The van der Waals surface area contributed by atoms with Crippen molar-refractivity contribution in [2.45, 2.75) is 245 Å². The van der Waals surface area contributed by atoms with Gasteiger partial charge in [0.25, 0.3) is 0 Å². The summed E-state index contributed by atoms with van der Waals surface area (Å²) in [6.07, 6.45) is 89.5. The van der Waals surface area contributed by atoms with E-state index in [-0.39, 0.29) is 31.1 Å². The third kappa shape index (κ3) is 59.8. The molecule has 0 fully saturated rings. The third-order valence-electron chi connectivity index (χ3n) is 12.0. The smallest absolute Gasteiger partial charge is 0.306 e. The van der Waals surface area contributed by atoms with E-state index in [1.54, 1.807) is 0 Å². The van der Waals surface area contributed by atoms with Crippen LogP contribution in [0.5, 0.6) is 0 Å². The number of allylic oxidation sites excluding steroid dienone is 26. The van der Waals surface area contributed by atoms with Gasteiger partial charge in [-0.1, -0.05) is 237 Å². The van der Waals surface area contributed by atoms with Gasteiger partial charge in [0.1, 0.15) is 13.2 Å². The fourth-order valence-corrected chi connectivity index (χ4v) is 7.57. The van der Waals surface area contributed by atoms with E-state index < -0.39 is 6.10 Å². The van der Waals surface area contributed by atoms with Crippen molar-refractivity contribution in [3.63, 3.8) is 0 Å². The summed E-state index contributed by atoms with van der Waals surface area (Å²) in [4.78, 5) is 38.2. The van der Waals surface area contributed by atoms with Gasteiger partial charge in [-0.15, -0.1) is 0 Å². The Morgan fingerprint density at radius 3 is 0.827 bits per heavy atom. The number of esters is 3. The molecule has 0 N–H and O–H groups in total. The van der Waals surface area contributed by atoms with E-state index in [0.29, 0.717) is 19.3 Å². The molecule has 0 rings (SSSR count).